The van der Waals surface area contributed by atoms with Crippen molar-refractivity contribution >= 4 is 41.5 Å². The molecule has 0 aliphatic heterocycles. The van der Waals surface area contributed by atoms with Crippen LogP contribution in [0.2, 0.25) is 10.0 Å². The minimum atomic E-state index is -0.550. The molecule has 0 spiro atoms. The number of hydrogen-bond acceptors (Lipinski definition) is 4. The minimum absolute atomic E-state index is 0.115. The Balaban J connectivity index is 3.01. The van der Waals surface area contributed by atoms with Gasteiger partial charge < -0.3 is 4.74 Å². The van der Waals surface area contributed by atoms with Crippen LogP contribution in [0.1, 0.15) is 13.8 Å². The molecular weight excluding hydrogens is 297 g/mol. The third kappa shape index (κ3) is 3.93. The Bertz CT molecular complexity index is 466. The quantitative estimate of drug-likeness (QED) is 0.503. The Morgan fingerprint density at radius 3 is 2.44 bits per heavy atom. The number of benzene rings is 1. The highest BCUT2D eigenvalue weighted by Gasteiger charge is 2.22. The average molecular weight is 310 g/mol. The Kier molecular flexibility index (Phi) is 5.13. The topological polar surface area (TPSA) is 52.4 Å². The zero-order chi connectivity index (χ0) is 13.9. The van der Waals surface area contributed by atoms with Crippen molar-refractivity contribution in [2.75, 3.05) is 12.4 Å². The van der Waals surface area contributed by atoms with Crippen LogP contribution < -0.4 is 4.74 Å². The molecule has 18 heavy (non-hydrogen) atoms. The zero-order valence-corrected chi connectivity index (χ0v) is 12.4. The van der Waals surface area contributed by atoms with E-state index in [9.17, 15) is 10.1 Å². The maximum Gasteiger partial charge on any atom is 0.312 e. The van der Waals surface area contributed by atoms with Crippen molar-refractivity contribution < 1.29 is 9.66 Å². The molecule has 0 atom stereocenters. The molecule has 1 aromatic carbocycles. The lowest BCUT2D eigenvalue weighted by molar-refractivity contribution is -0.385. The van der Waals surface area contributed by atoms with E-state index in [4.69, 9.17) is 27.9 Å². The molecule has 0 bridgehead atoms. The number of halogens is 2. The van der Waals surface area contributed by atoms with Crippen molar-refractivity contribution in [3.8, 4) is 5.75 Å². The number of hydrogen-bond donors (Lipinski definition) is 1. The zero-order valence-electron chi connectivity index (χ0n) is 9.94. The van der Waals surface area contributed by atoms with Crippen LogP contribution in [0.5, 0.6) is 5.75 Å². The molecule has 0 saturated heterocycles. The van der Waals surface area contributed by atoms with Gasteiger partial charge in [-0.15, -0.1) is 0 Å². The molecule has 0 N–H and O–H groups in total. The highest BCUT2D eigenvalue weighted by Crippen LogP contribution is 2.36. The predicted molar refractivity (Wildman–Crippen MR) is 76.2 cm³/mol. The number of rotatable bonds is 5. The van der Waals surface area contributed by atoms with Gasteiger partial charge in [0, 0.05) is 17.5 Å². The molecule has 0 aromatic heterocycles. The summed E-state index contributed by atoms with van der Waals surface area (Å²) >= 11 is 15.8. The SMILES string of the molecule is CC(C)(CS)COc1cc(Cl)c(Cl)cc1[N+](=O)[O-]. The molecule has 0 amide bonds. The summed E-state index contributed by atoms with van der Waals surface area (Å²) in [7, 11) is 0. The van der Waals surface area contributed by atoms with Gasteiger partial charge in [0.15, 0.2) is 5.75 Å². The lowest BCUT2D eigenvalue weighted by Gasteiger charge is -2.22. The van der Waals surface area contributed by atoms with Crippen LogP contribution in [0, 0.1) is 15.5 Å². The Hall–Kier alpha value is -0.650. The van der Waals surface area contributed by atoms with Crippen LogP contribution in [0.25, 0.3) is 0 Å². The van der Waals surface area contributed by atoms with Crippen molar-refractivity contribution in [2.24, 2.45) is 5.41 Å². The van der Waals surface area contributed by atoms with E-state index in [1.165, 1.54) is 12.1 Å². The fraction of sp³-hybridized carbons (Fsp3) is 0.455. The number of nitrogens with zero attached hydrogens (tertiary/aromatic N) is 1. The summed E-state index contributed by atoms with van der Waals surface area (Å²) in [6, 6.07) is 2.55. The van der Waals surface area contributed by atoms with Gasteiger partial charge in [-0.25, -0.2) is 0 Å². The van der Waals surface area contributed by atoms with E-state index in [0.29, 0.717) is 12.4 Å². The smallest absolute Gasteiger partial charge is 0.312 e. The molecule has 0 radical (unpaired) electrons. The molecule has 1 rings (SSSR count). The number of ether oxygens (including phenoxy) is 1. The molecule has 1 aromatic rings. The van der Waals surface area contributed by atoms with Gasteiger partial charge in [-0.2, -0.15) is 12.6 Å². The van der Waals surface area contributed by atoms with Crippen molar-refractivity contribution in [3.05, 3.63) is 32.3 Å². The molecule has 0 aliphatic carbocycles. The summed E-state index contributed by atoms with van der Waals surface area (Å²) in [5.41, 5.74) is -0.386. The van der Waals surface area contributed by atoms with Gasteiger partial charge in [0.1, 0.15) is 0 Å². The summed E-state index contributed by atoms with van der Waals surface area (Å²) in [5, 5.41) is 11.2. The van der Waals surface area contributed by atoms with E-state index in [1.807, 2.05) is 13.8 Å². The lowest BCUT2D eigenvalue weighted by Crippen LogP contribution is -2.23. The Morgan fingerprint density at radius 1 is 1.39 bits per heavy atom. The minimum Gasteiger partial charge on any atom is -0.486 e. The number of thiol groups is 1. The molecule has 0 saturated carbocycles. The molecule has 0 heterocycles. The third-order valence-electron chi connectivity index (χ3n) is 2.25. The molecule has 4 nitrogen and oxygen atoms in total. The van der Waals surface area contributed by atoms with Crippen LogP contribution in [0.3, 0.4) is 0 Å². The van der Waals surface area contributed by atoms with Crippen LogP contribution in [0.4, 0.5) is 5.69 Å². The summed E-state index contributed by atoms with van der Waals surface area (Å²) in [6.07, 6.45) is 0. The van der Waals surface area contributed by atoms with Crippen LogP contribution >= 0.6 is 35.8 Å². The van der Waals surface area contributed by atoms with Gasteiger partial charge in [0.05, 0.1) is 21.6 Å². The standard InChI is InChI=1S/C11H13Cl2NO3S/c1-11(2,6-18)5-17-10-4-8(13)7(12)3-9(10)14(15)16/h3-4,18H,5-6H2,1-2H3. The van der Waals surface area contributed by atoms with E-state index in [2.05, 4.69) is 12.6 Å². The second kappa shape index (κ2) is 5.99. The first-order valence-corrected chi connectivity index (χ1v) is 6.53. The fourth-order valence-electron chi connectivity index (χ4n) is 1.10. The van der Waals surface area contributed by atoms with Crippen molar-refractivity contribution in [3.63, 3.8) is 0 Å². The molecule has 100 valence electrons. The predicted octanol–water partition coefficient (Wildman–Crippen LogP) is 4.24. The van der Waals surface area contributed by atoms with Crippen molar-refractivity contribution in [1.29, 1.82) is 0 Å². The van der Waals surface area contributed by atoms with E-state index < -0.39 is 4.92 Å². The first-order chi connectivity index (χ1) is 8.26. The number of nitro benzene ring substituents is 1. The molecular formula is C11H13Cl2NO3S. The highest BCUT2D eigenvalue weighted by molar-refractivity contribution is 7.80. The van der Waals surface area contributed by atoms with Crippen LogP contribution in [-0.4, -0.2) is 17.3 Å². The Labute approximate surface area is 121 Å². The third-order valence-corrected chi connectivity index (χ3v) is 3.82. The van der Waals surface area contributed by atoms with Crippen molar-refractivity contribution in [1.82, 2.24) is 0 Å². The molecule has 0 aliphatic rings. The van der Waals surface area contributed by atoms with Gasteiger partial charge in [-0.1, -0.05) is 37.0 Å². The summed E-state index contributed by atoms with van der Waals surface area (Å²) in [5.74, 6) is 0.714. The first-order valence-electron chi connectivity index (χ1n) is 5.14. The van der Waals surface area contributed by atoms with Gasteiger partial charge in [-0.05, 0) is 5.75 Å². The monoisotopic (exact) mass is 309 g/mol. The first kappa shape index (κ1) is 15.4. The van der Waals surface area contributed by atoms with Crippen LogP contribution in [-0.2, 0) is 0 Å². The second-order valence-corrected chi connectivity index (χ2v) is 5.73. The largest absolute Gasteiger partial charge is 0.486 e. The Morgan fingerprint density at radius 2 is 1.94 bits per heavy atom. The average Bonchev–Trinajstić information content (AvgIpc) is 2.30. The molecule has 0 unspecified atom stereocenters. The van der Waals surface area contributed by atoms with Gasteiger partial charge in [-0.3, -0.25) is 10.1 Å². The summed E-state index contributed by atoms with van der Waals surface area (Å²) in [6.45, 7) is 4.20. The van der Waals surface area contributed by atoms with Gasteiger partial charge in [0.25, 0.3) is 0 Å². The maximum absolute atomic E-state index is 10.9. The van der Waals surface area contributed by atoms with Crippen LogP contribution in [0.15, 0.2) is 12.1 Å². The van der Waals surface area contributed by atoms with E-state index in [1.54, 1.807) is 0 Å². The van der Waals surface area contributed by atoms with Gasteiger partial charge >= 0.3 is 5.69 Å². The summed E-state index contributed by atoms with van der Waals surface area (Å²) < 4.78 is 5.46. The molecule has 0 fully saturated rings. The summed E-state index contributed by atoms with van der Waals surface area (Å²) in [4.78, 5) is 10.3. The van der Waals surface area contributed by atoms with Crippen molar-refractivity contribution in [2.45, 2.75) is 13.8 Å². The maximum atomic E-state index is 10.9. The second-order valence-electron chi connectivity index (χ2n) is 4.60. The van der Waals surface area contributed by atoms with E-state index in [-0.39, 0.29) is 26.9 Å². The van der Waals surface area contributed by atoms with Gasteiger partial charge in [0.2, 0.25) is 0 Å². The van der Waals surface area contributed by atoms with E-state index in [0.717, 1.165) is 0 Å². The fourth-order valence-corrected chi connectivity index (χ4v) is 1.50. The number of nitro groups is 1. The normalized spacial score (nSPS) is 11.4. The molecule has 7 heteroatoms. The van der Waals surface area contributed by atoms with E-state index >= 15 is 0 Å². The highest BCUT2D eigenvalue weighted by atomic mass is 35.5. The lowest BCUT2D eigenvalue weighted by atomic mass is 9.98.